The lowest BCUT2D eigenvalue weighted by Gasteiger charge is -2.30. The van der Waals surface area contributed by atoms with Crippen LogP contribution >= 0.6 is 0 Å². The minimum Gasteiger partial charge on any atom is -0.342 e. The zero-order valence-corrected chi connectivity index (χ0v) is 16.5. The van der Waals surface area contributed by atoms with E-state index in [1.54, 1.807) is 24.3 Å². The summed E-state index contributed by atoms with van der Waals surface area (Å²) >= 11 is 0. The summed E-state index contributed by atoms with van der Waals surface area (Å²) in [5.74, 6) is 6.69. The van der Waals surface area contributed by atoms with E-state index in [4.69, 9.17) is 16.0 Å². The van der Waals surface area contributed by atoms with Crippen LogP contribution in [0.5, 0.6) is 0 Å². The van der Waals surface area contributed by atoms with Crippen LogP contribution in [0.25, 0.3) is 11.3 Å². The number of H-pyrrole nitrogens is 1. The zero-order valence-electron chi connectivity index (χ0n) is 16.5. The van der Waals surface area contributed by atoms with Crippen LogP contribution in [0, 0.1) is 28.6 Å². The van der Waals surface area contributed by atoms with E-state index in [1.165, 1.54) is 0 Å². The second-order valence-electron chi connectivity index (χ2n) is 8.13. The van der Waals surface area contributed by atoms with Crippen LogP contribution in [-0.4, -0.2) is 29.1 Å². The maximum Gasteiger partial charge on any atom is 0.268 e. The number of nitrogens with two attached hydrogens (primary N) is 1. The smallest absolute Gasteiger partial charge is 0.268 e. The molecule has 144 valence electrons. The molecule has 1 aromatic carbocycles. The third-order valence-electron chi connectivity index (χ3n) is 4.60. The van der Waals surface area contributed by atoms with Crippen molar-refractivity contribution < 1.29 is 0 Å². The molecule has 0 radical (unpaired) electrons. The van der Waals surface area contributed by atoms with E-state index < -0.39 is 0 Å². The van der Waals surface area contributed by atoms with Crippen LogP contribution in [0.15, 0.2) is 29.1 Å². The fourth-order valence-corrected chi connectivity index (χ4v) is 3.00. The summed E-state index contributed by atoms with van der Waals surface area (Å²) in [5.41, 5.74) is 7.70. The quantitative estimate of drug-likeness (QED) is 0.786. The second kappa shape index (κ2) is 7.88. The summed E-state index contributed by atoms with van der Waals surface area (Å²) in [4.78, 5) is 22.6. The SMILES string of the molecule is CC(C)(C)C#Cc1c(-c2ccc(C#N)cc2)nc(N2CCC(N)CC2)[nH]c1=O. The molecule has 1 saturated heterocycles. The molecule has 2 heterocycles. The Labute approximate surface area is 165 Å². The molecule has 0 amide bonds. The van der Waals surface area contributed by atoms with E-state index in [-0.39, 0.29) is 17.0 Å². The van der Waals surface area contributed by atoms with Gasteiger partial charge >= 0.3 is 0 Å². The van der Waals surface area contributed by atoms with Gasteiger partial charge < -0.3 is 10.6 Å². The lowest BCUT2D eigenvalue weighted by atomic mass is 9.97. The highest BCUT2D eigenvalue weighted by Crippen LogP contribution is 2.23. The standard InChI is InChI=1S/C22H25N5O/c1-22(2,3)11-8-18-19(16-6-4-15(14-23)5-7-16)25-21(26-20(18)28)27-12-9-17(24)10-13-27/h4-7,17H,9-10,12-13,24H2,1-3H3,(H,25,26,28). The first kappa shape index (κ1) is 19.7. The average Bonchev–Trinajstić information content (AvgIpc) is 2.66. The first-order valence-electron chi connectivity index (χ1n) is 9.45. The molecule has 6 nitrogen and oxygen atoms in total. The highest BCUT2D eigenvalue weighted by Gasteiger charge is 2.21. The number of hydrogen-bond donors (Lipinski definition) is 2. The maximum atomic E-state index is 12.9. The van der Waals surface area contributed by atoms with Crippen LogP contribution in [0.1, 0.15) is 44.7 Å². The fourth-order valence-electron chi connectivity index (χ4n) is 3.00. The summed E-state index contributed by atoms with van der Waals surface area (Å²) in [7, 11) is 0. The Morgan fingerprint density at radius 3 is 2.43 bits per heavy atom. The van der Waals surface area contributed by atoms with E-state index in [0.717, 1.165) is 31.5 Å². The monoisotopic (exact) mass is 375 g/mol. The number of piperidine rings is 1. The molecule has 0 saturated carbocycles. The van der Waals surface area contributed by atoms with Crippen molar-refractivity contribution >= 4 is 5.95 Å². The zero-order chi connectivity index (χ0) is 20.3. The van der Waals surface area contributed by atoms with E-state index in [2.05, 4.69) is 27.8 Å². The van der Waals surface area contributed by atoms with Gasteiger partial charge in [0.15, 0.2) is 0 Å². The Morgan fingerprint density at radius 2 is 1.86 bits per heavy atom. The first-order valence-corrected chi connectivity index (χ1v) is 9.45. The molecule has 0 atom stereocenters. The van der Waals surface area contributed by atoms with Gasteiger partial charge in [0.2, 0.25) is 5.95 Å². The normalized spacial score (nSPS) is 14.9. The van der Waals surface area contributed by atoms with Crippen molar-refractivity contribution in [3.8, 4) is 29.2 Å². The number of aromatic nitrogens is 2. The Hall–Kier alpha value is -3.09. The van der Waals surface area contributed by atoms with Gasteiger partial charge in [0.05, 0.1) is 17.3 Å². The van der Waals surface area contributed by atoms with Gasteiger partial charge in [-0.25, -0.2) is 4.98 Å². The van der Waals surface area contributed by atoms with E-state index in [0.29, 0.717) is 22.8 Å². The number of nitrogens with one attached hydrogen (secondary N) is 1. The van der Waals surface area contributed by atoms with Crippen LogP contribution in [0.3, 0.4) is 0 Å². The van der Waals surface area contributed by atoms with Gasteiger partial charge in [-0.3, -0.25) is 9.78 Å². The summed E-state index contributed by atoms with van der Waals surface area (Å²) < 4.78 is 0. The van der Waals surface area contributed by atoms with Gasteiger partial charge in [-0.2, -0.15) is 5.26 Å². The first-order chi connectivity index (χ1) is 13.3. The highest BCUT2D eigenvalue weighted by atomic mass is 16.1. The third-order valence-corrected chi connectivity index (χ3v) is 4.60. The molecule has 1 aliphatic rings. The summed E-state index contributed by atoms with van der Waals surface area (Å²) in [5, 5.41) is 9.05. The molecule has 0 aliphatic carbocycles. The number of anilines is 1. The molecule has 28 heavy (non-hydrogen) atoms. The van der Waals surface area contributed by atoms with Crippen molar-refractivity contribution in [1.29, 1.82) is 5.26 Å². The van der Waals surface area contributed by atoms with Gasteiger partial charge in [-0.1, -0.05) is 24.0 Å². The average molecular weight is 375 g/mol. The van der Waals surface area contributed by atoms with Gasteiger partial charge in [-0.05, 0) is 45.7 Å². The number of benzene rings is 1. The Bertz CT molecular complexity index is 1000. The molecule has 3 rings (SSSR count). The Morgan fingerprint density at radius 1 is 1.21 bits per heavy atom. The largest absolute Gasteiger partial charge is 0.342 e. The van der Waals surface area contributed by atoms with Crippen molar-refractivity contribution in [1.82, 2.24) is 9.97 Å². The number of nitrogens with zero attached hydrogens (tertiary/aromatic N) is 3. The molecule has 0 bridgehead atoms. The minimum absolute atomic E-state index is 0.192. The summed E-state index contributed by atoms with van der Waals surface area (Å²) in [6.07, 6.45) is 1.73. The third kappa shape index (κ3) is 4.60. The van der Waals surface area contributed by atoms with Crippen molar-refractivity contribution in [2.45, 2.75) is 39.7 Å². The molecule has 6 heteroatoms. The fraction of sp³-hybridized carbons (Fsp3) is 0.409. The molecule has 0 spiro atoms. The number of rotatable bonds is 2. The van der Waals surface area contributed by atoms with Gasteiger partial charge in [-0.15, -0.1) is 0 Å². The minimum atomic E-state index is -0.254. The van der Waals surface area contributed by atoms with Crippen LogP contribution in [-0.2, 0) is 0 Å². The maximum absolute atomic E-state index is 12.9. The predicted octanol–water partition coefficient (Wildman–Crippen LogP) is 2.63. The van der Waals surface area contributed by atoms with Crippen molar-refractivity contribution in [3.63, 3.8) is 0 Å². The predicted molar refractivity (Wildman–Crippen MR) is 111 cm³/mol. The van der Waals surface area contributed by atoms with Crippen molar-refractivity contribution in [3.05, 3.63) is 45.7 Å². The molecule has 1 aliphatic heterocycles. The highest BCUT2D eigenvalue weighted by molar-refractivity contribution is 5.68. The van der Waals surface area contributed by atoms with E-state index in [9.17, 15) is 4.79 Å². The van der Waals surface area contributed by atoms with Gasteiger partial charge in [0.1, 0.15) is 5.56 Å². The second-order valence-corrected chi connectivity index (χ2v) is 8.13. The molecular formula is C22H25N5O. The van der Waals surface area contributed by atoms with Crippen LogP contribution in [0.4, 0.5) is 5.95 Å². The lowest BCUT2D eigenvalue weighted by molar-refractivity contribution is 0.495. The Kier molecular flexibility index (Phi) is 5.53. The number of nitriles is 1. The lowest BCUT2D eigenvalue weighted by Crippen LogP contribution is -2.41. The number of aromatic amines is 1. The van der Waals surface area contributed by atoms with Crippen LogP contribution < -0.4 is 16.2 Å². The molecular weight excluding hydrogens is 350 g/mol. The topological polar surface area (TPSA) is 98.8 Å². The number of hydrogen-bond acceptors (Lipinski definition) is 5. The van der Waals surface area contributed by atoms with Gasteiger partial charge in [0.25, 0.3) is 5.56 Å². The van der Waals surface area contributed by atoms with E-state index >= 15 is 0 Å². The molecule has 2 aromatic rings. The van der Waals surface area contributed by atoms with Gasteiger partial charge in [0, 0.05) is 30.1 Å². The molecule has 1 fully saturated rings. The van der Waals surface area contributed by atoms with Crippen LogP contribution in [0.2, 0.25) is 0 Å². The molecule has 3 N–H and O–H groups in total. The van der Waals surface area contributed by atoms with E-state index in [1.807, 2.05) is 20.8 Å². The van der Waals surface area contributed by atoms with Crippen molar-refractivity contribution in [2.75, 3.05) is 18.0 Å². The Balaban J connectivity index is 2.12. The van der Waals surface area contributed by atoms with Crippen molar-refractivity contribution in [2.24, 2.45) is 11.1 Å². The summed E-state index contributed by atoms with van der Waals surface area (Å²) in [6.45, 7) is 7.49. The molecule has 1 aromatic heterocycles. The molecule has 0 unspecified atom stereocenters. The summed E-state index contributed by atoms with van der Waals surface area (Å²) in [6, 6.07) is 9.35.